The molecule has 0 saturated carbocycles. The van der Waals surface area contributed by atoms with E-state index in [2.05, 4.69) is 0 Å². The van der Waals surface area contributed by atoms with Crippen molar-refractivity contribution < 1.29 is 24.3 Å². The van der Waals surface area contributed by atoms with E-state index in [4.69, 9.17) is 19.5 Å². The Kier molecular flexibility index (Phi) is 4.72. The Hall–Kier alpha value is -1.57. The van der Waals surface area contributed by atoms with Gasteiger partial charge in [-0.2, -0.15) is 5.06 Å². The van der Waals surface area contributed by atoms with Crippen molar-refractivity contribution >= 4 is 19.4 Å². The average molecular weight is 253 g/mol. The van der Waals surface area contributed by atoms with Gasteiger partial charge in [-0.25, -0.2) is 0 Å². The van der Waals surface area contributed by atoms with E-state index >= 15 is 0 Å². The minimum Gasteiger partial charge on any atom is -0.512 e. The van der Waals surface area contributed by atoms with Gasteiger partial charge in [0.15, 0.2) is 0 Å². The number of carbonyl (C=O) groups excluding carboxylic acids is 1. The predicted octanol–water partition coefficient (Wildman–Crippen LogP) is 0.728. The summed E-state index contributed by atoms with van der Waals surface area (Å²) in [4.78, 5) is 16.4. The highest BCUT2D eigenvalue weighted by atomic mass is 16.7. The van der Waals surface area contributed by atoms with Crippen molar-refractivity contribution in [3.63, 3.8) is 0 Å². The van der Waals surface area contributed by atoms with Crippen LogP contribution in [-0.2, 0) is 9.63 Å². The largest absolute Gasteiger partial charge is 0.707 e. The molecule has 0 heterocycles. The van der Waals surface area contributed by atoms with Gasteiger partial charge in [-0.05, 0) is 32.9 Å². The average Bonchev–Trinajstić information content (AvgIpc) is 2.24. The van der Waals surface area contributed by atoms with E-state index in [-0.39, 0.29) is 5.75 Å². The van der Waals surface area contributed by atoms with Crippen molar-refractivity contribution in [2.45, 2.75) is 26.4 Å². The van der Waals surface area contributed by atoms with Gasteiger partial charge in [0.25, 0.3) is 0 Å². The van der Waals surface area contributed by atoms with Crippen molar-refractivity contribution in [2.24, 2.45) is 0 Å². The Labute approximate surface area is 106 Å². The summed E-state index contributed by atoms with van der Waals surface area (Å²) in [7, 11) is -1.91. The van der Waals surface area contributed by atoms with Crippen molar-refractivity contribution in [3.05, 3.63) is 24.3 Å². The van der Waals surface area contributed by atoms with E-state index in [1.807, 2.05) is 0 Å². The number of amides is 1. The van der Waals surface area contributed by atoms with Crippen molar-refractivity contribution in [3.8, 4) is 5.75 Å². The number of rotatable bonds is 5. The second-order valence-corrected chi connectivity index (χ2v) is 4.58. The molecule has 6 nitrogen and oxygen atoms in total. The van der Waals surface area contributed by atoms with E-state index in [1.54, 1.807) is 32.9 Å². The number of carbonyl (C=O) groups is 1. The molecule has 0 unspecified atom stereocenters. The zero-order valence-electron chi connectivity index (χ0n) is 10.5. The maximum absolute atomic E-state index is 11.0. The number of anilines is 1. The molecule has 1 aromatic carbocycles. The van der Waals surface area contributed by atoms with Gasteiger partial charge in [-0.1, -0.05) is 6.07 Å². The highest BCUT2D eigenvalue weighted by Crippen LogP contribution is 2.23. The minimum atomic E-state index is -1.91. The molecule has 0 saturated heterocycles. The normalized spacial score (nSPS) is 10.9. The van der Waals surface area contributed by atoms with E-state index in [9.17, 15) is 4.79 Å². The molecule has 0 fully saturated rings. The number of nitrogens with zero attached hydrogens (tertiary/aromatic N) is 1. The first kappa shape index (κ1) is 14.5. The van der Waals surface area contributed by atoms with Gasteiger partial charge in [0.1, 0.15) is 5.75 Å². The molecule has 98 valence electrons. The summed E-state index contributed by atoms with van der Waals surface area (Å²) in [6.07, 6.45) is 0.528. The predicted molar refractivity (Wildman–Crippen MR) is 66.6 cm³/mol. The van der Waals surface area contributed by atoms with Crippen molar-refractivity contribution in [2.75, 3.05) is 5.06 Å². The first-order valence-electron chi connectivity index (χ1n) is 5.38. The fourth-order valence-electron chi connectivity index (χ4n) is 1.25. The quantitative estimate of drug-likeness (QED) is 0.459. The first-order chi connectivity index (χ1) is 8.31. The van der Waals surface area contributed by atoms with Gasteiger partial charge in [0, 0.05) is 6.07 Å². The molecule has 0 spiro atoms. The van der Waals surface area contributed by atoms with Gasteiger partial charge >= 0.3 is 7.32 Å². The lowest BCUT2D eigenvalue weighted by Gasteiger charge is -2.26. The highest BCUT2D eigenvalue weighted by Gasteiger charge is 2.18. The van der Waals surface area contributed by atoms with Crippen LogP contribution in [-0.4, -0.2) is 29.4 Å². The molecule has 0 bridgehead atoms. The zero-order chi connectivity index (χ0) is 13.8. The molecule has 0 aliphatic rings. The highest BCUT2D eigenvalue weighted by molar-refractivity contribution is 6.33. The van der Waals surface area contributed by atoms with Crippen LogP contribution in [0.25, 0.3) is 0 Å². The summed E-state index contributed by atoms with van der Waals surface area (Å²) < 4.78 is 4.69. The molecule has 0 atom stereocenters. The van der Waals surface area contributed by atoms with Crippen LogP contribution in [0.3, 0.4) is 0 Å². The fraction of sp³-hybridized carbons (Fsp3) is 0.364. The second kappa shape index (κ2) is 5.86. The Balaban J connectivity index is 2.89. The topological polar surface area (TPSA) is 79.2 Å². The summed E-state index contributed by atoms with van der Waals surface area (Å²) in [5.74, 6) is 0.215. The SMILES string of the molecule is CC(C)(C)ON(C=O)c1cccc(OB(O)O)c1. The van der Waals surface area contributed by atoms with Crippen LogP contribution in [0.4, 0.5) is 5.69 Å². The summed E-state index contributed by atoms with van der Waals surface area (Å²) in [6, 6.07) is 6.23. The summed E-state index contributed by atoms with van der Waals surface area (Å²) in [5, 5.41) is 18.4. The molecule has 18 heavy (non-hydrogen) atoms. The maximum Gasteiger partial charge on any atom is 0.707 e. The molecule has 0 aliphatic carbocycles. The Morgan fingerprint density at radius 1 is 1.33 bits per heavy atom. The van der Waals surface area contributed by atoms with Gasteiger partial charge in [-0.3, -0.25) is 9.63 Å². The van der Waals surface area contributed by atoms with Gasteiger partial charge < -0.3 is 14.7 Å². The van der Waals surface area contributed by atoms with Crippen LogP contribution in [0.2, 0.25) is 0 Å². The van der Waals surface area contributed by atoms with E-state index in [0.717, 1.165) is 5.06 Å². The van der Waals surface area contributed by atoms with Gasteiger partial charge in [0.05, 0.1) is 11.3 Å². The lowest BCUT2D eigenvalue weighted by atomic mass is 10.2. The van der Waals surface area contributed by atoms with Crippen LogP contribution < -0.4 is 9.72 Å². The van der Waals surface area contributed by atoms with E-state index in [1.165, 1.54) is 12.1 Å². The van der Waals surface area contributed by atoms with Crippen LogP contribution in [0.5, 0.6) is 5.75 Å². The van der Waals surface area contributed by atoms with Crippen molar-refractivity contribution in [1.82, 2.24) is 0 Å². The fourth-order valence-corrected chi connectivity index (χ4v) is 1.25. The van der Waals surface area contributed by atoms with Gasteiger partial charge in [-0.15, -0.1) is 0 Å². The minimum absolute atomic E-state index is 0.215. The van der Waals surface area contributed by atoms with E-state index in [0.29, 0.717) is 12.1 Å². The third kappa shape index (κ3) is 4.74. The third-order valence-corrected chi connectivity index (χ3v) is 1.78. The zero-order valence-corrected chi connectivity index (χ0v) is 10.5. The molecule has 0 aliphatic heterocycles. The Bertz CT molecular complexity index is 405. The number of hydroxylamine groups is 1. The molecular formula is C11H16BNO5. The van der Waals surface area contributed by atoms with Gasteiger partial charge in [0.2, 0.25) is 6.41 Å². The van der Waals surface area contributed by atoms with Crippen LogP contribution in [0.15, 0.2) is 24.3 Å². The van der Waals surface area contributed by atoms with E-state index < -0.39 is 12.9 Å². The first-order valence-corrected chi connectivity index (χ1v) is 5.38. The summed E-state index contributed by atoms with van der Waals surface area (Å²) in [5.41, 5.74) is -0.105. The Morgan fingerprint density at radius 3 is 2.50 bits per heavy atom. The third-order valence-electron chi connectivity index (χ3n) is 1.78. The van der Waals surface area contributed by atoms with Crippen LogP contribution >= 0.6 is 0 Å². The number of hydrogen-bond donors (Lipinski definition) is 2. The van der Waals surface area contributed by atoms with Crippen LogP contribution in [0, 0.1) is 0 Å². The molecule has 2 N–H and O–H groups in total. The second-order valence-electron chi connectivity index (χ2n) is 4.58. The molecule has 1 aromatic rings. The molecule has 0 aromatic heterocycles. The summed E-state index contributed by atoms with van der Waals surface area (Å²) in [6.45, 7) is 5.42. The lowest BCUT2D eigenvalue weighted by Crippen LogP contribution is -2.33. The summed E-state index contributed by atoms with van der Waals surface area (Å²) >= 11 is 0. The van der Waals surface area contributed by atoms with Crippen molar-refractivity contribution in [1.29, 1.82) is 0 Å². The lowest BCUT2D eigenvalue weighted by molar-refractivity contribution is -0.120. The molecule has 1 amide bonds. The standard InChI is InChI=1S/C11H16BNO5/c1-11(2,3)18-13(8-14)9-5-4-6-10(7-9)17-12(15)16/h4-8,15-16H,1-3H3. The number of benzene rings is 1. The Morgan fingerprint density at radius 2 is 2.00 bits per heavy atom. The molecule has 0 radical (unpaired) electrons. The molecule has 7 heteroatoms. The van der Waals surface area contributed by atoms with Crippen LogP contribution in [0.1, 0.15) is 20.8 Å². The maximum atomic E-state index is 11.0. The number of hydrogen-bond acceptors (Lipinski definition) is 5. The smallest absolute Gasteiger partial charge is 0.512 e. The molecular weight excluding hydrogens is 237 g/mol. The monoisotopic (exact) mass is 253 g/mol. The molecule has 1 rings (SSSR count).